The van der Waals surface area contributed by atoms with E-state index in [1.165, 1.54) is 18.4 Å². The smallest absolute Gasteiger partial charge is 0.0873 e. The highest BCUT2D eigenvalue weighted by Gasteiger charge is 2.41. The summed E-state index contributed by atoms with van der Waals surface area (Å²) in [6.07, 6.45) is 4.71. The van der Waals surface area contributed by atoms with Crippen LogP contribution >= 0.6 is 11.3 Å². The Labute approximate surface area is 102 Å². The summed E-state index contributed by atoms with van der Waals surface area (Å²) in [6, 6.07) is 2.14. The quantitative estimate of drug-likeness (QED) is 0.878. The molecular weight excluding hydrogens is 218 g/mol. The first kappa shape index (κ1) is 12.1. The molecule has 0 spiro atoms. The van der Waals surface area contributed by atoms with Crippen LogP contribution in [-0.2, 0) is 4.74 Å². The molecule has 1 heterocycles. The van der Waals surface area contributed by atoms with Crippen molar-refractivity contribution in [2.45, 2.75) is 44.2 Å². The molecule has 0 radical (unpaired) electrons. The van der Waals surface area contributed by atoms with Crippen LogP contribution in [0.2, 0.25) is 0 Å². The molecule has 2 N–H and O–H groups in total. The van der Waals surface area contributed by atoms with Gasteiger partial charge in [-0.3, -0.25) is 0 Å². The lowest BCUT2D eigenvalue weighted by Crippen LogP contribution is -2.46. The van der Waals surface area contributed by atoms with Crippen LogP contribution in [0.3, 0.4) is 0 Å². The molecule has 0 amide bonds. The van der Waals surface area contributed by atoms with Gasteiger partial charge >= 0.3 is 0 Å². The number of methoxy groups -OCH3 is 1. The molecule has 0 bridgehead atoms. The summed E-state index contributed by atoms with van der Waals surface area (Å²) in [6.45, 7) is 2.30. The van der Waals surface area contributed by atoms with Gasteiger partial charge in [0.1, 0.15) is 0 Å². The van der Waals surface area contributed by atoms with Crippen molar-refractivity contribution in [3.63, 3.8) is 0 Å². The molecule has 0 aliphatic heterocycles. The van der Waals surface area contributed by atoms with Gasteiger partial charge in [0.25, 0.3) is 0 Å². The summed E-state index contributed by atoms with van der Waals surface area (Å²) in [7, 11) is 1.81. The third-order valence-corrected chi connectivity index (χ3v) is 4.57. The summed E-state index contributed by atoms with van der Waals surface area (Å²) in [5.74, 6) is 0.721. The van der Waals surface area contributed by atoms with E-state index >= 15 is 0 Å². The highest BCUT2D eigenvalue weighted by atomic mass is 32.1. The number of hydrogen-bond acceptors (Lipinski definition) is 3. The van der Waals surface area contributed by atoms with Gasteiger partial charge in [0, 0.05) is 7.11 Å². The summed E-state index contributed by atoms with van der Waals surface area (Å²) < 4.78 is 5.81. The molecule has 1 aromatic rings. The molecular formula is C13H21NOS. The van der Waals surface area contributed by atoms with Crippen molar-refractivity contribution in [2.75, 3.05) is 7.11 Å². The van der Waals surface area contributed by atoms with E-state index in [0.717, 1.165) is 18.8 Å². The number of ether oxygens (including phenoxy) is 1. The molecule has 2 rings (SSSR count). The lowest BCUT2D eigenvalue weighted by molar-refractivity contribution is -0.0717. The molecule has 0 saturated heterocycles. The second-order valence-electron chi connectivity index (χ2n) is 5.00. The van der Waals surface area contributed by atoms with Gasteiger partial charge in [-0.2, -0.15) is 11.3 Å². The van der Waals surface area contributed by atoms with Crippen LogP contribution in [0.5, 0.6) is 0 Å². The van der Waals surface area contributed by atoms with E-state index in [-0.39, 0.29) is 11.6 Å². The van der Waals surface area contributed by atoms with Crippen LogP contribution < -0.4 is 5.73 Å². The Bertz CT molecular complexity index is 325. The van der Waals surface area contributed by atoms with Crippen molar-refractivity contribution in [1.29, 1.82) is 0 Å². The molecule has 1 aliphatic carbocycles. The number of rotatable bonds is 3. The molecule has 90 valence electrons. The SMILES string of the molecule is COC1(C(N)c2ccsc2)CCCC(C)C1. The summed E-state index contributed by atoms with van der Waals surface area (Å²) >= 11 is 1.71. The van der Waals surface area contributed by atoms with Gasteiger partial charge in [0.15, 0.2) is 0 Å². The Hall–Kier alpha value is -0.380. The maximum Gasteiger partial charge on any atom is 0.0873 e. The molecule has 0 aromatic carbocycles. The Morgan fingerprint density at radius 1 is 1.62 bits per heavy atom. The molecule has 3 heteroatoms. The van der Waals surface area contributed by atoms with E-state index in [1.807, 2.05) is 7.11 Å². The second-order valence-corrected chi connectivity index (χ2v) is 5.78. The van der Waals surface area contributed by atoms with E-state index in [9.17, 15) is 0 Å². The first-order valence-corrected chi connectivity index (χ1v) is 6.95. The summed E-state index contributed by atoms with van der Waals surface area (Å²) in [5.41, 5.74) is 7.49. The minimum atomic E-state index is -0.140. The average Bonchev–Trinajstić information content (AvgIpc) is 2.81. The lowest BCUT2D eigenvalue weighted by atomic mass is 9.73. The molecule has 1 aromatic heterocycles. The fourth-order valence-electron chi connectivity index (χ4n) is 2.89. The summed E-state index contributed by atoms with van der Waals surface area (Å²) in [5, 5.41) is 4.23. The van der Waals surface area contributed by atoms with Crippen molar-refractivity contribution in [3.8, 4) is 0 Å². The largest absolute Gasteiger partial charge is 0.376 e. The second kappa shape index (κ2) is 4.86. The molecule has 3 unspecified atom stereocenters. The van der Waals surface area contributed by atoms with Gasteiger partial charge in [-0.15, -0.1) is 0 Å². The van der Waals surface area contributed by atoms with Crippen molar-refractivity contribution in [2.24, 2.45) is 11.7 Å². The predicted molar refractivity (Wildman–Crippen MR) is 68.6 cm³/mol. The maximum atomic E-state index is 6.40. The number of thiophene rings is 1. The van der Waals surface area contributed by atoms with Crippen LogP contribution in [0, 0.1) is 5.92 Å². The normalized spacial score (nSPS) is 32.6. The highest BCUT2D eigenvalue weighted by Crippen LogP contribution is 2.42. The van der Waals surface area contributed by atoms with Crippen LogP contribution in [0.15, 0.2) is 16.8 Å². The highest BCUT2D eigenvalue weighted by molar-refractivity contribution is 7.07. The zero-order valence-electron chi connectivity index (χ0n) is 10.1. The van der Waals surface area contributed by atoms with Crippen molar-refractivity contribution in [3.05, 3.63) is 22.4 Å². The average molecular weight is 239 g/mol. The van der Waals surface area contributed by atoms with Gasteiger partial charge in [-0.1, -0.05) is 19.8 Å². The van der Waals surface area contributed by atoms with E-state index in [4.69, 9.17) is 10.5 Å². The van der Waals surface area contributed by atoms with E-state index in [0.29, 0.717) is 0 Å². The zero-order valence-corrected chi connectivity index (χ0v) is 10.9. The summed E-state index contributed by atoms with van der Waals surface area (Å²) in [4.78, 5) is 0. The van der Waals surface area contributed by atoms with Crippen LogP contribution in [-0.4, -0.2) is 12.7 Å². The number of hydrogen-bond donors (Lipinski definition) is 1. The lowest BCUT2D eigenvalue weighted by Gasteiger charge is -2.43. The minimum absolute atomic E-state index is 0.0199. The number of nitrogens with two attached hydrogens (primary N) is 1. The third-order valence-electron chi connectivity index (χ3n) is 3.87. The van der Waals surface area contributed by atoms with Gasteiger partial charge in [0.2, 0.25) is 0 Å². The molecule has 1 fully saturated rings. The van der Waals surface area contributed by atoms with Gasteiger partial charge in [-0.05, 0) is 41.1 Å². The predicted octanol–water partition coefficient (Wildman–Crippen LogP) is 3.34. The minimum Gasteiger partial charge on any atom is -0.376 e. The first-order valence-electron chi connectivity index (χ1n) is 6.01. The Kier molecular flexibility index (Phi) is 3.67. The fourth-order valence-corrected chi connectivity index (χ4v) is 3.59. The fraction of sp³-hybridized carbons (Fsp3) is 0.692. The standard InChI is InChI=1S/C13H21NOS/c1-10-4-3-6-13(8-10,15-2)12(14)11-5-7-16-9-11/h5,7,9-10,12H,3-4,6,8,14H2,1-2H3. The van der Waals surface area contributed by atoms with Crippen LogP contribution in [0.4, 0.5) is 0 Å². The molecule has 1 aliphatic rings. The maximum absolute atomic E-state index is 6.40. The van der Waals surface area contributed by atoms with Crippen molar-refractivity contribution < 1.29 is 4.74 Å². The molecule has 16 heavy (non-hydrogen) atoms. The van der Waals surface area contributed by atoms with Gasteiger partial charge in [-0.25, -0.2) is 0 Å². The van der Waals surface area contributed by atoms with Crippen LogP contribution in [0.1, 0.15) is 44.2 Å². The van der Waals surface area contributed by atoms with E-state index in [2.05, 4.69) is 23.8 Å². The van der Waals surface area contributed by atoms with E-state index < -0.39 is 0 Å². The molecule has 2 nitrogen and oxygen atoms in total. The third kappa shape index (κ3) is 2.17. The topological polar surface area (TPSA) is 35.2 Å². The van der Waals surface area contributed by atoms with Crippen molar-refractivity contribution >= 4 is 11.3 Å². The van der Waals surface area contributed by atoms with Crippen molar-refractivity contribution in [1.82, 2.24) is 0 Å². The molecule has 1 saturated carbocycles. The Morgan fingerprint density at radius 2 is 2.44 bits per heavy atom. The molecule has 3 atom stereocenters. The Balaban J connectivity index is 2.20. The van der Waals surface area contributed by atoms with Gasteiger partial charge in [0.05, 0.1) is 11.6 Å². The first-order chi connectivity index (χ1) is 7.68. The van der Waals surface area contributed by atoms with E-state index in [1.54, 1.807) is 11.3 Å². The monoisotopic (exact) mass is 239 g/mol. The van der Waals surface area contributed by atoms with Gasteiger partial charge < -0.3 is 10.5 Å². The zero-order chi connectivity index (χ0) is 11.6. The Morgan fingerprint density at radius 3 is 3.00 bits per heavy atom. The van der Waals surface area contributed by atoms with Crippen LogP contribution in [0.25, 0.3) is 0 Å².